The molecule has 0 spiro atoms. The summed E-state index contributed by atoms with van der Waals surface area (Å²) in [6.07, 6.45) is 20.9. The normalized spacial score (nSPS) is 30.5. The maximum atomic E-state index is 2.30. The summed E-state index contributed by atoms with van der Waals surface area (Å²) >= 11 is 0. The molecule has 2 aliphatic carbocycles. The molecule has 0 saturated carbocycles. The Hall–Kier alpha value is -1.04. The highest BCUT2D eigenvalue weighted by Crippen LogP contribution is 2.37. The number of hydrogen-bond acceptors (Lipinski definition) is 0. The maximum Gasteiger partial charge on any atom is 0.0252 e. The molecule has 0 unspecified atom stereocenters. The van der Waals surface area contributed by atoms with Crippen molar-refractivity contribution in [2.24, 2.45) is 5.41 Å². The minimum absolute atomic E-state index is 0.196. The Kier molecular flexibility index (Phi) is 2.72. The van der Waals surface area contributed by atoms with Crippen LogP contribution in [0, 0.1) is 5.41 Å². The molecule has 0 radical (unpaired) electrons. The first-order valence-electron chi connectivity index (χ1n) is 5.54. The SMILES string of the molecule is CC1(/C2=C/C=C\CCCC2)C=CC=C1. The van der Waals surface area contributed by atoms with E-state index in [1.807, 2.05) is 0 Å². The standard InChI is InChI=1S/C14H18/c1-14(11-7-8-12-14)13-9-5-3-2-4-6-10-13/h3,5,7-9,11-12H,2,4,6,10H2,1H3/b5-3-,13-9+. The second-order valence-corrected chi connectivity index (χ2v) is 4.37. The average Bonchev–Trinajstić information content (AvgIpc) is 2.52. The van der Waals surface area contributed by atoms with Crippen LogP contribution in [0.25, 0.3) is 0 Å². The monoisotopic (exact) mass is 186 g/mol. The van der Waals surface area contributed by atoms with E-state index in [1.54, 1.807) is 5.57 Å². The Morgan fingerprint density at radius 1 is 1.07 bits per heavy atom. The van der Waals surface area contributed by atoms with Crippen LogP contribution >= 0.6 is 0 Å². The van der Waals surface area contributed by atoms with E-state index in [2.05, 4.69) is 49.5 Å². The summed E-state index contributed by atoms with van der Waals surface area (Å²) in [5, 5.41) is 0. The Morgan fingerprint density at radius 2 is 1.86 bits per heavy atom. The molecule has 74 valence electrons. The van der Waals surface area contributed by atoms with Crippen LogP contribution in [0.15, 0.2) is 48.1 Å². The molecular formula is C14H18. The fourth-order valence-electron chi connectivity index (χ4n) is 2.17. The minimum atomic E-state index is 0.196. The van der Waals surface area contributed by atoms with Crippen LogP contribution in [-0.2, 0) is 0 Å². The number of hydrogen-bond donors (Lipinski definition) is 0. The quantitative estimate of drug-likeness (QED) is 0.576. The lowest BCUT2D eigenvalue weighted by molar-refractivity contribution is 0.600. The molecule has 0 aliphatic heterocycles. The second-order valence-electron chi connectivity index (χ2n) is 4.37. The zero-order valence-corrected chi connectivity index (χ0v) is 8.87. The summed E-state index contributed by atoms with van der Waals surface area (Å²) in [6, 6.07) is 0. The summed E-state index contributed by atoms with van der Waals surface area (Å²) < 4.78 is 0. The van der Waals surface area contributed by atoms with Gasteiger partial charge in [-0.2, -0.15) is 0 Å². The van der Waals surface area contributed by atoms with Crippen molar-refractivity contribution in [1.82, 2.24) is 0 Å². The van der Waals surface area contributed by atoms with Gasteiger partial charge in [0.15, 0.2) is 0 Å². The molecule has 0 aromatic rings. The molecule has 0 nitrogen and oxygen atoms in total. The molecular weight excluding hydrogens is 168 g/mol. The van der Waals surface area contributed by atoms with Gasteiger partial charge in [-0.25, -0.2) is 0 Å². The molecule has 0 fully saturated rings. The van der Waals surface area contributed by atoms with E-state index in [0.717, 1.165) is 0 Å². The fourth-order valence-corrected chi connectivity index (χ4v) is 2.17. The van der Waals surface area contributed by atoms with Crippen LogP contribution < -0.4 is 0 Å². The third kappa shape index (κ3) is 1.89. The van der Waals surface area contributed by atoms with Gasteiger partial charge in [-0.1, -0.05) is 48.1 Å². The molecule has 0 heteroatoms. The summed E-state index contributed by atoms with van der Waals surface area (Å²) in [5.41, 5.74) is 1.75. The fraction of sp³-hybridized carbons (Fsp3) is 0.429. The zero-order valence-electron chi connectivity index (χ0n) is 8.87. The first kappa shape index (κ1) is 9.51. The van der Waals surface area contributed by atoms with E-state index < -0.39 is 0 Å². The van der Waals surface area contributed by atoms with E-state index in [9.17, 15) is 0 Å². The van der Waals surface area contributed by atoms with Crippen LogP contribution in [0.3, 0.4) is 0 Å². The first-order valence-corrected chi connectivity index (χ1v) is 5.54. The van der Waals surface area contributed by atoms with Crippen molar-refractivity contribution < 1.29 is 0 Å². The largest absolute Gasteiger partial charge is 0.0845 e. The van der Waals surface area contributed by atoms with Gasteiger partial charge in [-0.15, -0.1) is 0 Å². The van der Waals surface area contributed by atoms with Gasteiger partial charge in [0.25, 0.3) is 0 Å². The Labute approximate surface area is 86.7 Å². The minimum Gasteiger partial charge on any atom is -0.0845 e. The highest BCUT2D eigenvalue weighted by molar-refractivity contribution is 5.37. The van der Waals surface area contributed by atoms with E-state index in [4.69, 9.17) is 0 Å². The Bertz CT molecular complexity index is 301. The van der Waals surface area contributed by atoms with Crippen molar-refractivity contribution in [1.29, 1.82) is 0 Å². The van der Waals surface area contributed by atoms with Crippen molar-refractivity contribution in [2.45, 2.75) is 32.6 Å². The Balaban J connectivity index is 2.22. The molecule has 0 amide bonds. The third-order valence-corrected chi connectivity index (χ3v) is 3.19. The van der Waals surface area contributed by atoms with Crippen molar-refractivity contribution in [3.05, 3.63) is 48.1 Å². The summed E-state index contributed by atoms with van der Waals surface area (Å²) in [4.78, 5) is 0. The van der Waals surface area contributed by atoms with Crippen LogP contribution in [0.4, 0.5) is 0 Å². The highest BCUT2D eigenvalue weighted by Gasteiger charge is 2.23. The van der Waals surface area contributed by atoms with Gasteiger partial charge in [0.1, 0.15) is 0 Å². The van der Waals surface area contributed by atoms with Gasteiger partial charge >= 0.3 is 0 Å². The van der Waals surface area contributed by atoms with Crippen LogP contribution in [0.1, 0.15) is 32.6 Å². The van der Waals surface area contributed by atoms with Crippen molar-refractivity contribution >= 4 is 0 Å². The van der Waals surface area contributed by atoms with Crippen LogP contribution in [-0.4, -0.2) is 0 Å². The Morgan fingerprint density at radius 3 is 2.64 bits per heavy atom. The summed E-state index contributed by atoms with van der Waals surface area (Å²) in [5.74, 6) is 0. The van der Waals surface area contributed by atoms with Gasteiger partial charge in [0.05, 0.1) is 0 Å². The first-order chi connectivity index (χ1) is 6.81. The lowest BCUT2D eigenvalue weighted by Gasteiger charge is -2.24. The van der Waals surface area contributed by atoms with Crippen molar-refractivity contribution in [3.8, 4) is 0 Å². The van der Waals surface area contributed by atoms with E-state index in [-0.39, 0.29) is 5.41 Å². The van der Waals surface area contributed by atoms with E-state index >= 15 is 0 Å². The maximum absolute atomic E-state index is 2.30. The molecule has 0 N–H and O–H groups in total. The highest BCUT2D eigenvalue weighted by atomic mass is 14.3. The van der Waals surface area contributed by atoms with Crippen LogP contribution in [0.5, 0.6) is 0 Å². The lowest BCUT2D eigenvalue weighted by Crippen LogP contribution is -2.11. The lowest BCUT2D eigenvalue weighted by atomic mass is 9.80. The molecule has 0 bridgehead atoms. The average molecular weight is 186 g/mol. The third-order valence-electron chi connectivity index (χ3n) is 3.19. The molecule has 0 atom stereocenters. The second kappa shape index (κ2) is 4.00. The number of allylic oxidation sites excluding steroid dienone is 8. The van der Waals surface area contributed by atoms with E-state index in [1.165, 1.54) is 25.7 Å². The van der Waals surface area contributed by atoms with E-state index in [0.29, 0.717) is 0 Å². The molecule has 0 heterocycles. The van der Waals surface area contributed by atoms with Crippen molar-refractivity contribution in [3.63, 3.8) is 0 Å². The topological polar surface area (TPSA) is 0 Å². The molecule has 0 saturated heterocycles. The molecule has 2 aliphatic rings. The predicted molar refractivity (Wildman–Crippen MR) is 62.1 cm³/mol. The summed E-state index contributed by atoms with van der Waals surface area (Å²) in [7, 11) is 0. The van der Waals surface area contributed by atoms with Crippen LogP contribution in [0.2, 0.25) is 0 Å². The molecule has 0 aromatic carbocycles. The molecule has 2 rings (SSSR count). The zero-order chi connectivity index (χ0) is 9.86. The smallest absolute Gasteiger partial charge is 0.0252 e. The summed E-state index contributed by atoms with van der Waals surface area (Å²) in [6.45, 7) is 2.30. The van der Waals surface area contributed by atoms with Gasteiger partial charge in [-0.05, 0) is 32.6 Å². The molecule has 14 heavy (non-hydrogen) atoms. The van der Waals surface area contributed by atoms with Gasteiger partial charge < -0.3 is 0 Å². The van der Waals surface area contributed by atoms with Gasteiger partial charge in [0, 0.05) is 5.41 Å². The number of rotatable bonds is 1. The predicted octanol–water partition coefficient (Wildman–Crippen LogP) is 4.18. The van der Waals surface area contributed by atoms with Gasteiger partial charge in [-0.3, -0.25) is 0 Å². The van der Waals surface area contributed by atoms with Gasteiger partial charge in [0.2, 0.25) is 0 Å². The molecule has 0 aromatic heterocycles. The van der Waals surface area contributed by atoms with Crippen molar-refractivity contribution in [2.75, 3.05) is 0 Å².